The molecule has 0 atom stereocenters. The summed E-state index contributed by atoms with van der Waals surface area (Å²) in [5, 5.41) is 3.28. The molecule has 2 aromatic rings. The summed E-state index contributed by atoms with van der Waals surface area (Å²) >= 11 is 6.12. The van der Waals surface area contributed by atoms with Crippen LogP contribution >= 0.6 is 11.6 Å². The van der Waals surface area contributed by atoms with E-state index in [2.05, 4.69) is 11.4 Å². The smallest absolute Gasteiger partial charge is 0.224 e. The van der Waals surface area contributed by atoms with Gasteiger partial charge in [0.2, 0.25) is 5.91 Å². The quantitative estimate of drug-likeness (QED) is 0.756. The Labute approximate surface area is 153 Å². The number of nitrogens with one attached hydrogen (secondary N) is 1. The van der Waals surface area contributed by atoms with Crippen LogP contribution in [0.1, 0.15) is 52.7 Å². The van der Waals surface area contributed by atoms with Gasteiger partial charge in [-0.1, -0.05) is 29.8 Å². The Morgan fingerprint density at radius 3 is 2.52 bits per heavy atom. The van der Waals surface area contributed by atoms with Crippen LogP contribution in [0.3, 0.4) is 0 Å². The van der Waals surface area contributed by atoms with Crippen molar-refractivity contribution in [2.24, 2.45) is 0 Å². The van der Waals surface area contributed by atoms with E-state index < -0.39 is 0 Å². The molecule has 3 nitrogen and oxygen atoms in total. The Morgan fingerprint density at radius 1 is 1.00 bits per heavy atom. The van der Waals surface area contributed by atoms with Gasteiger partial charge in [-0.2, -0.15) is 0 Å². The minimum absolute atomic E-state index is 0.0125. The standard InChI is InChI=1S/C21H22ClNO2/c1-14-6-9-19(18(22)12-14)23-21(25)11-10-20(24)17-8-7-15-4-2-3-5-16(15)13-17/h6-9,12-13H,2-5,10-11H2,1H3,(H,23,25). The maximum absolute atomic E-state index is 12.4. The van der Waals surface area contributed by atoms with Gasteiger partial charge in [-0.3, -0.25) is 9.59 Å². The number of carbonyl (C=O) groups excluding carboxylic acids is 2. The van der Waals surface area contributed by atoms with Gasteiger partial charge in [0, 0.05) is 18.4 Å². The van der Waals surface area contributed by atoms with Gasteiger partial charge in [-0.05, 0) is 67.5 Å². The van der Waals surface area contributed by atoms with Crippen LogP contribution in [0.5, 0.6) is 0 Å². The number of carbonyl (C=O) groups is 2. The molecule has 1 aliphatic carbocycles. The van der Waals surface area contributed by atoms with Crippen LogP contribution in [0, 0.1) is 6.92 Å². The topological polar surface area (TPSA) is 46.2 Å². The van der Waals surface area contributed by atoms with Crippen LogP contribution < -0.4 is 5.32 Å². The molecule has 3 rings (SSSR count). The average molecular weight is 356 g/mol. The van der Waals surface area contributed by atoms with Crippen molar-refractivity contribution in [2.75, 3.05) is 5.32 Å². The van der Waals surface area contributed by atoms with Crippen LogP contribution in [-0.2, 0) is 17.6 Å². The largest absolute Gasteiger partial charge is 0.325 e. The first-order valence-electron chi connectivity index (χ1n) is 8.74. The number of anilines is 1. The number of benzene rings is 2. The van der Waals surface area contributed by atoms with E-state index in [0.717, 1.165) is 18.4 Å². The maximum Gasteiger partial charge on any atom is 0.224 e. The third-order valence-corrected chi connectivity index (χ3v) is 4.96. The normalized spacial score (nSPS) is 13.2. The van der Waals surface area contributed by atoms with Crippen LogP contribution in [-0.4, -0.2) is 11.7 Å². The number of fused-ring (bicyclic) bond motifs is 1. The first kappa shape index (κ1) is 17.7. The molecule has 0 aliphatic heterocycles. The lowest BCUT2D eigenvalue weighted by Crippen LogP contribution is -2.14. The lowest BCUT2D eigenvalue weighted by molar-refractivity contribution is -0.116. The summed E-state index contributed by atoms with van der Waals surface area (Å²) in [6.45, 7) is 1.94. The van der Waals surface area contributed by atoms with E-state index in [1.807, 2.05) is 25.1 Å². The van der Waals surface area contributed by atoms with Crippen molar-refractivity contribution >= 4 is 29.0 Å². The lowest BCUT2D eigenvalue weighted by Gasteiger charge is -2.16. The summed E-state index contributed by atoms with van der Waals surface area (Å²) in [6.07, 6.45) is 4.91. The zero-order chi connectivity index (χ0) is 17.8. The molecule has 0 aromatic heterocycles. The number of aryl methyl sites for hydroxylation is 3. The average Bonchev–Trinajstić information content (AvgIpc) is 2.61. The highest BCUT2D eigenvalue weighted by molar-refractivity contribution is 6.33. The van der Waals surface area contributed by atoms with Gasteiger partial charge in [0.25, 0.3) is 0 Å². The molecular formula is C21H22ClNO2. The highest BCUT2D eigenvalue weighted by Crippen LogP contribution is 2.24. The molecule has 0 radical (unpaired) electrons. The van der Waals surface area contributed by atoms with Crippen molar-refractivity contribution in [1.29, 1.82) is 0 Å². The first-order valence-corrected chi connectivity index (χ1v) is 9.12. The van der Waals surface area contributed by atoms with E-state index in [4.69, 9.17) is 11.6 Å². The van der Waals surface area contributed by atoms with Gasteiger partial charge in [-0.25, -0.2) is 0 Å². The Morgan fingerprint density at radius 2 is 1.76 bits per heavy atom. The molecule has 0 saturated heterocycles. The van der Waals surface area contributed by atoms with Gasteiger partial charge < -0.3 is 5.32 Å². The molecule has 130 valence electrons. The van der Waals surface area contributed by atoms with E-state index in [1.165, 1.54) is 24.0 Å². The van der Waals surface area contributed by atoms with Crippen molar-refractivity contribution in [3.05, 3.63) is 63.7 Å². The molecule has 0 bridgehead atoms. The summed E-state index contributed by atoms with van der Waals surface area (Å²) in [6, 6.07) is 11.4. The molecule has 0 spiro atoms. The Balaban J connectivity index is 1.57. The van der Waals surface area contributed by atoms with Crippen molar-refractivity contribution in [2.45, 2.75) is 45.4 Å². The molecule has 1 N–H and O–H groups in total. The van der Waals surface area contributed by atoms with Crippen molar-refractivity contribution in [1.82, 2.24) is 0 Å². The lowest BCUT2D eigenvalue weighted by atomic mass is 9.89. The van der Waals surface area contributed by atoms with Crippen molar-refractivity contribution < 1.29 is 9.59 Å². The van der Waals surface area contributed by atoms with Gasteiger partial charge in [0.15, 0.2) is 5.78 Å². The Kier molecular flexibility index (Phi) is 5.54. The molecule has 25 heavy (non-hydrogen) atoms. The van der Waals surface area contributed by atoms with Crippen LogP contribution in [0.2, 0.25) is 5.02 Å². The number of rotatable bonds is 5. The third kappa shape index (κ3) is 4.49. The van der Waals surface area contributed by atoms with Gasteiger partial charge >= 0.3 is 0 Å². The zero-order valence-electron chi connectivity index (χ0n) is 14.4. The van der Waals surface area contributed by atoms with Crippen LogP contribution in [0.15, 0.2) is 36.4 Å². The van der Waals surface area contributed by atoms with Gasteiger partial charge in [-0.15, -0.1) is 0 Å². The molecule has 1 aliphatic rings. The fourth-order valence-electron chi connectivity index (χ4n) is 3.21. The Bertz CT molecular complexity index is 814. The number of halogens is 1. The summed E-state index contributed by atoms with van der Waals surface area (Å²) in [5.41, 5.74) is 4.97. The molecule has 0 heterocycles. The molecule has 1 amide bonds. The highest BCUT2D eigenvalue weighted by Gasteiger charge is 2.14. The molecule has 2 aromatic carbocycles. The molecule has 0 fully saturated rings. The second-order valence-electron chi connectivity index (χ2n) is 6.65. The fraction of sp³-hybridized carbons (Fsp3) is 0.333. The Hall–Kier alpha value is -2.13. The minimum Gasteiger partial charge on any atom is -0.325 e. The first-order chi connectivity index (χ1) is 12.0. The zero-order valence-corrected chi connectivity index (χ0v) is 15.2. The molecule has 4 heteroatoms. The van der Waals surface area contributed by atoms with E-state index in [9.17, 15) is 9.59 Å². The van der Waals surface area contributed by atoms with Crippen LogP contribution in [0.25, 0.3) is 0 Å². The maximum atomic E-state index is 12.4. The summed E-state index contributed by atoms with van der Waals surface area (Å²) in [4.78, 5) is 24.5. The molecule has 0 unspecified atom stereocenters. The van der Waals surface area contributed by atoms with Gasteiger partial charge in [0.1, 0.15) is 0 Å². The van der Waals surface area contributed by atoms with E-state index >= 15 is 0 Å². The predicted molar refractivity (Wildman–Crippen MR) is 101 cm³/mol. The van der Waals surface area contributed by atoms with E-state index in [1.54, 1.807) is 12.1 Å². The van der Waals surface area contributed by atoms with Crippen molar-refractivity contribution in [3.63, 3.8) is 0 Å². The van der Waals surface area contributed by atoms with Gasteiger partial charge in [0.05, 0.1) is 10.7 Å². The second kappa shape index (κ2) is 7.83. The number of Topliss-reactive ketones (excluding diaryl/α,β-unsaturated/α-hetero) is 1. The number of amides is 1. The van der Waals surface area contributed by atoms with Crippen molar-refractivity contribution in [3.8, 4) is 0 Å². The highest BCUT2D eigenvalue weighted by atomic mass is 35.5. The fourth-order valence-corrected chi connectivity index (χ4v) is 3.49. The molecular weight excluding hydrogens is 334 g/mol. The van der Waals surface area contributed by atoms with E-state index in [0.29, 0.717) is 16.3 Å². The minimum atomic E-state index is -0.197. The summed E-state index contributed by atoms with van der Waals surface area (Å²) < 4.78 is 0. The second-order valence-corrected chi connectivity index (χ2v) is 7.05. The summed E-state index contributed by atoms with van der Waals surface area (Å²) in [5.74, 6) is -0.185. The SMILES string of the molecule is Cc1ccc(NC(=O)CCC(=O)c2ccc3c(c2)CCCC3)c(Cl)c1. The van der Waals surface area contributed by atoms with E-state index in [-0.39, 0.29) is 24.5 Å². The predicted octanol–water partition coefficient (Wildman–Crippen LogP) is 5.13. The van der Waals surface area contributed by atoms with Crippen LogP contribution in [0.4, 0.5) is 5.69 Å². The third-order valence-electron chi connectivity index (χ3n) is 4.65. The number of hydrogen-bond acceptors (Lipinski definition) is 2. The summed E-state index contributed by atoms with van der Waals surface area (Å²) in [7, 11) is 0. The number of ketones is 1. The molecule has 0 saturated carbocycles. The monoisotopic (exact) mass is 355 g/mol. The number of hydrogen-bond donors (Lipinski definition) is 1.